The van der Waals surface area contributed by atoms with Crippen molar-refractivity contribution in [3.63, 3.8) is 0 Å². The predicted octanol–water partition coefficient (Wildman–Crippen LogP) is 3.19. The van der Waals surface area contributed by atoms with Gasteiger partial charge in [-0.15, -0.1) is 24.0 Å². The Labute approximate surface area is 177 Å². The van der Waals surface area contributed by atoms with E-state index in [4.69, 9.17) is 4.74 Å². The number of nitrogens with one attached hydrogen (secondary N) is 1. The summed E-state index contributed by atoms with van der Waals surface area (Å²) >= 11 is 0. The smallest absolute Gasteiger partial charge is 0.193 e. The van der Waals surface area contributed by atoms with E-state index >= 15 is 0 Å². The summed E-state index contributed by atoms with van der Waals surface area (Å²) in [5.74, 6) is 1.87. The molecule has 2 unspecified atom stereocenters. The molecule has 0 radical (unpaired) electrons. The van der Waals surface area contributed by atoms with Gasteiger partial charge in [-0.3, -0.25) is 9.89 Å². The van der Waals surface area contributed by atoms with Crippen LogP contribution in [0.25, 0.3) is 0 Å². The Hall–Kier alpha value is -0.0800. The van der Waals surface area contributed by atoms with Crippen molar-refractivity contribution in [3.8, 4) is 0 Å². The van der Waals surface area contributed by atoms with Crippen molar-refractivity contribution in [2.24, 2.45) is 16.3 Å². The Morgan fingerprint density at radius 1 is 1.15 bits per heavy atom. The summed E-state index contributed by atoms with van der Waals surface area (Å²) in [5, 5.41) is 3.74. The molecule has 3 aliphatic heterocycles. The Balaban J connectivity index is 0.00000243. The number of likely N-dealkylation sites (tertiary alicyclic amines) is 2. The van der Waals surface area contributed by atoms with Crippen LogP contribution in [0.15, 0.2) is 4.99 Å². The van der Waals surface area contributed by atoms with Crippen LogP contribution in [0.4, 0.5) is 0 Å². The minimum Gasteiger partial charge on any atom is -0.381 e. The Morgan fingerprint density at radius 2 is 1.88 bits per heavy atom. The van der Waals surface area contributed by atoms with Crippen LogP contribution in [0.5, 0.6) is 0 Å². The van der Waals surface area contributed by atoms with Crippen LogP contribution < -0.4 is 5.32 Å². The number of nitrogens with zero attached hydrogens (tertiary/aromatic N) is 3. The van der Waals surface area contributed by atoms with E-state index in [1.54, 1.807) is 0 Å². The van der Waals surface area contributed by atoms with Gasteiger partial charge in [-0.2, -0.15) is 0 Å². The van der Waals surface area contributed by atoms with Crippen LogP contribution in [0.1, 0.15) is 52.4 Å². The number of rotatable bonds is 6. The van der Waals surface area contributed by atoms with Crippen LogP contribution >= 0.6 is 24.0 Å². The maximum Gasteiger partial charge on any atom is 0.193 e. The first-order chi connectivity index (χ1) is 12.2. The average Bonchev–Trinajstić information content (AvgIpc) is 3.38. The van der Waals surface area contributed by atoms with E-state index < -0.39 is 0 Å². The standard InChI is InChI=1S/C20H38N4O.HI/c1-4-17(5-2)18(23-10-6-7-11-23)14-22-19(21-3)24-12-8-20(15-24)9-13-25-16-20;/h17-18H,4-16H2,1-3H3,(H,21,22);1H. The van der Waals surface area contributed by atoms with Gasteiger partial charge in [0.05, 0.1) is 6.61 Å². The average molecular weight is 478 g/mol. The van der Waals surface area contributed by atoms with E-state index in [0.717, 1.165) is 44.7 Å². The van der Waals surface area contributed by atoms with Crippen molar-refractivity contribution in [1.82, 2.24) is 15.1 Å². The molecular formula is C20H39IN4O. The molecule has 0 bridgehead atoms. The van der Waals surface area contributed by atoms with Gasteiger partial charge in [0.2, 0.25) is 0 Å². The van der Waals surface area contributed by atoms with Gasteiger partial charge in [-0.05, 0) is 44.7 Å². The highest BCUT2D eigenvalue weighted by molar-refractivity contribution is 14.0. The van der Waals surface area contributed by atoms with Crippen LogP contribution in [0.3, 0.4) is 0 Å². The Morgan fingerprint density at radius 3 is 2.46 bits per heavy atom. The fourth-order valence-electron chi connectivity index (χ4n) is 5.12. The third-order valence-corrected chi connectivity index (χ3v) is 6.81. The van der Waals surface area contributed by atoms with Gasteiger partial charge in [-0.1, -0.05) is 26.7 Å². The molecule has 26 heavy (non-hydrogen) atoms. The molecule has 3 rings (SSSR count). The molecule has 1 spiro atoms. The van der Waals surface area contributed by atoms with E-state index in [0.29, 0.717) is 11.5 Å². The molecule has 5 nitrogen and oxygen atoms in total. The maximum absolute atomic E-state index is 5.68. The molecule has 3 heterocycles. The Bertz CT molecular complexity index is 441. The zero-order valence-corrected chi connectivity index (χ0v) is 19.3. The summed E-state index contributed by atoms with van der Waals surface area (Å²) < 4.78 is 5.68. The SMILES string of the molecule is CCC(CC)C(CNC(=NC)N1CCC2(CCOC2)C1)N1CCCC1.I. The first-order valence-electron chi connectivity index (χ1n) is 10.5. The minimum atomic E-state index is 0. The second-order valence-electron chi connectivity index (χ2n) is 8.29. The summed E-state index contributed by atoms with van der Waals surface area (Å²) in [6, 6.07) is 0.639. The lowest BCUT2D eigenvalue weighted by Gasteiger charge is -2.35. The quantitative estimate of drug-likeness (QED) is 0.362. The highest BCUT2D eigenvalue weighted by Gasteiger charge is 2.42. The number of aliphatic imine (C=N–C) groups is 1. The minimum absolute atomic E-state index is 0. The summed E-state index contributed by atoms with van der Waals surface area (Å²) in [5.41, 5.74) is 0.390. The number of ether oxygens (including phenoxy) is 1. The molecule has 3 aliphatic rings. The van der Waals surface area contributed by atoms with E-state index in [2.05, 4.69) is 34.0 Å². The number of halogens is 1. The monoisotopic (exact) mass is 478 g/mol. The molecule has 2 atom stereocenters. The van der Waals surface area contributed by atoms with Gasteiger partial charge in [-0.25, -0.2) is 0 Å². The van der Waals surface area contributed by atoms with Crippen molar-refractivity contribution in [2.75, 3.05) is 53.0 Å². The second-order valence-corrected chi connectivity index (χ2v) is 8.29. The van der Waals surface area contributed by atoms with Crippen LogP contribution in [0.2, 0.25) is 0 Å². The van der Waals surface area contributed by atoms with Crippen molar-refractivity contribution in [2.45, 2.75) is 58.4 Å². The topological polar surface area (TPSA) is 40.1 Å². The molecule has 1 N–H and O–H groups in total. The van der Waals surface area contributed by atoms with E-state index in [1.807, 2.05) is 7.05 Å². The molecule has 3 fully saturated rings. The molecule has 0 saturated carbocycles. The van der Waals surface area contributed by atoms with Gasteiger partial charge < -0.3 is 15.0 Å². The molecule has 3 saturated heterocycles. The summed E-state index contributed by atoms with van der Waals surface area (Å²) in [6.07, 6.45) is 7.71. The third kappa shape index (κ3) is 5.04. The van der Waals surface area contributed by atoms with Crippen LogP contribution in [-0.4, -0.2) is 74.8 Å². The van der Waals surface area contributed by atoms with Gasteiger partial charge in [0.15, 0.2) is 5.96 Å². The molecule has 0 aromatic carbocycles. The highest BCUT2D eigenvalue weighted by atomic mass is 127. The first kappa shape index (κ1) is 22.2. The molecule has 152 valence electrons. The molecule has 6 heteroatoms. The van der Waals surface area contributed by atoms with Gasteiger partial charge in [0.25, 0.3) is 0 Å². The van der Waals surface area contributed by atoms with Gasteiger partial charge >= 0.3 is 0 Å². The maximum atomic E-state index is 5.68. The van der Waals surface area contributed by atoms with E-state index in [9.17, 15) is 0 Å². The van der Waals surface area contributed by atoms with Crippen molar-refractivity contribution >= 4 is 29.9 Å². The van der Waals surface area contributed by atoms with E-state index in [1.165, 1.54) is 51.6 Å². The molecule has 0 aromatic heterocycles. The third-order valence-electron chi connectivity index (χ3n) is 6.81. The molecular weight excluding hydrogens is 439 g/mol. The number of hydrogen-bond acceptors (Lipinski definition) is 3. The van der Waals surface area contributed by atoms with Gasteiger partial charge in [0, 0.05) is 44.7 Å². The van der Waals surface area contributed by atoms with E-state index in [-0.39, 0.29) is 24.0 Å². The number of guanidine groups is 1. The fourth-order valence-corrected chi connectivity index (χ4v) is 5.12. The van der Waals surface area contributed by atoms with Crippen LogP contribution in [-0.2, 0) is 4.74 Å². The first-order valence-corrected chi connectivity index (χ1v) is 10.5. The predicted molar refractivity (Wildman–Crippen MR) is 120 cm³/mol. The molecule has 0 aliphatic carbocycles. The second kappa shape index (κ2) is 10.5. The molecule has 0 aromatic rings. The lowest BCUT2D eigenvalue weighted by Crippen LogP contribution is -2.50. The van der Waals surface area contributed by atoms with Crippen LogP contribution in [0, 0.1) is 11.3 Å². The summed E-state index contributed by atoms with van der Waals surface area (Å²) in [7, 11) is 1.93. The fraction of sp³-hybridized carbons (Fsp3) is 0.950. The highest BCUT2D eigenvalue weighted by Crippen LogP contribution is 2.38. The van der Waals surface area contributed by atoms with Gasteiger partial charge in [0.1, 0.15) is 0 Å². The van der Waals surface area contributed by atoms with Crippen molar-refractivity contribution in [3.05, 3.63) is 0 Å². The summed E-state index contributed by atoms with van der Waals surface area (Å²) in [4.78, 5) is 9.78. The zero-order chi connectivity index (χ0) is 17.7. The molecule has 0 amide bonds. The number of hydrogen-bond donors (Lipinski definition) is 1. The lowest BCUT2D eigenvalue weighted by atomic mass is 9.87. The Kier molecular flexibility index (Phi) is 8.94. The normalized spacial score (nSPS) is 28.2. The summed E-state index contributed by atoms with van der Waals surface area (Å²) in [6.45, 7) is 12.3. The van der Waals surface area contributed by atoms with Crippen molar-refractivity contribution in [1.29, 1.82) is 0 Å². The largest absolute Gasteiger partial charge is 0.381 e. The zero-order valence-electron chi connectivity index (χ0n) is 17.0. The van der Waals surface area contributed by atoms with Crippen molar-refractivity contribution < 1.29 is 4.74 Å². The lowest BCUT2D eigenvalue weighted by molar-refractivity contribution is 0.156.